The van der Waals surface area contributed by atoms with Gasteiger partial charge >= 0.3 is 0 Å². The summed E-state index contributed by atoms with van der Waals surface area (Å²) in [6.45, 7) is 1.15. The Kier molecular flexibility index (Phi) is 8.31. The van der Waals surface area contributed by atoms with Crippen LogP contribution >= 0.6 is 0 Å². The van der Waals surface area contributed by atoms with Gasteiger partial charge in [0, 0.05) is 6.54 Å². The Balaban J connectivity index is 1.53. The van der Waals surface area contributed by atoms with Gasteiger partial charge in [0.1, 0.15) is 12.4 Å². The van der Waals surface area contributed by atoms with Crippen molar-refractivity contribution < 1.29 is 19.0 Å². The Hall–Kier alpha value is -3.51. The molecular formula is C25H28N2O4. The van der Waals surface area contributed by atoms with Gasteiger partial charge in [0.25, 0.3) is 0 Å². The predicted molar refractivity (Wildman–Crippen MR) is 121 cm³/mol. The highest BCUT2D eigenvalue weighted by atomic mass is 16.5. The lowest BCUT2D eigenvalue weighted by molar-refractivity contribution is -0.120. The third-order valence-electron chi connectivity index (χ3n) is 4.78. The van der Waals surface area contributed by atoms with Gasteiger partial charge in [-0.25, -0.2) is 0 Å². The van der Waals surface area contributed by atoms with Gasteiger partial charge in [0.05, 0.1) is 26.8 Å². The third-order valence-corrected chi connectivity index (χ3v) is 4.78. The summed E-state index contributed by atoms with van der Waals surface area (Å²) < 4.78 is 16.2. The van der Waals surface area contributed by atoms with Crippen LogP contribution in [0.4, 0.5) is 0 Å². The Morgan fingerprint density at radius 2 is 1.45 bits per heavy atom. The summed E-state index contributed by atoms with van der Waals surface area (Å²) in [6, 6.07) is 24.8. The molecule has 1 amide bonds. The molecule has 0 spiro atoms. The molecule has 6 nitrogen and oxygen atoms in total. The summed E-state index contributed by atoms with van der Waals surface area (Å²) in [5.74, 6) is 2.05. The average Bonchev–Trinajstić information content (AvgIpc) is 2.83. The second-order valence-corrected chi connectivity index (χ2v) is 6.86. The van der Waals surface area contributed by atoms with Crippen molar-refractivity contribution in [2.24, 2.45) is 0 Å². The fourth-order valence-electron chi connectivity index (χ4n) is 3.19. The van der Waals surface area contributed by atoms with E-state index in [1.165, 1.54) is 0 Å². The van der Waals surface area contributed by atoms with Crippen LogP contribution in [0, 0.1) is 0 Å². The van der Waals surface area contributed by atoms with E-state index >= 15 is 0 Å². The van der Waals surface area contributed by atoms with Crippen LogP contribution in [-0.4, -0.2) is 39.8 Å². The zero-order chi connectivity index (χ0) is 21.9. The topological polar surface area (TPSA) is 68.8 Å². The highest BCUT2D eigenvalue weighted by Gasteiger charge is 2.16. The summed E-state index contributed by atoms with van der Waals surface area (Å²) in [6.07, 6.45) is 0. The molecule has 0 aliphatic heterocycles. The maximum atomic E-state index is 12.6. The minimum absolute atomic E-state index is 0.0954. The average molecular weight is 421 g/mol. The summed E-state index contributed by atoms with van der Waals surface area (Å²) >= 11 is 0. The van der Waals surface area contributed by atoms with Gasteiger partial charge in [0.15, 0.2) is 11.5 Å². The van der Waals surface area contributed by atoms with Crippen LogP contribution in [0.25, 0.3) is 0 Å². The third kappa shape index (κ3) is 6.49. The van der Waals surface area contributed by atoms with Gasteiger partial charge in [-0.15, -0.1) is 0 Å². The first kappa shape index (κ1) is 22.2. The van der Waals surface area contributed by atoms with Crippen LogP contribution < -0.4 is 24.8 Å². The molecule has 0 bridgehead atoms. The first-order valence-corrected chi connectivity index (χ1v) is 10.2. The van der Waals surface area contributed by atoms with Crippen LogP contribution in [0.1, 0.15) is 17.2 Å². The SMILES string of the molecule is COc1ccc([C@@H](NC(=O)CNCCOc2ccccc2OC)c2ccccc2)cc1. The standard InChI is InChI=1S/C25H28N2O4/c1-29-21-14-12-20(13-15-21)25(19-8-4-3-5-9-19)27-24(28)18-26-16-17-31-23-11-7-6-10-22(23)30-2/h3-15,25-26H,16-18H2,1-2H3,(H,27,28)/t25-/m0/s1. The van der Waals surface area contributed by atoms with Crippen LogP contribution in [0.3, 0.4) is 0 Å². The van der Waals surface area contributed by atoms with Crippen molar-refractivity contribution in [3.8, 4) is 17.2 Å². The molecule has 0 saturated heterocycles. The van der Waals surface area contributed by atoms with E-state index in [1.54, 1.807) is 14.2 Å². The Labute approximate surface area is 183 Å². The zero-order valence-electron chi connectivity index (χ0n) is 17.8. The van der Waals surface area contributed by atoms with Gasteiger partial charge in [-0.1, -0.05) is 54.6 Å². The van der Waals surface area contributed by atoms with E-state index in [-0.39, 0.29) is 18.5 Å². The molecule has 0 fully saturated rings. The maximum Gasteiger partial charge on any atom is 0.234 e. The Morgan fingerprint density at radius 1 is 0.806 bits per heavy atom. The molecule has 3 aromatic carbocycles. The smallest absolute Gasteiger partial charge is 0.234 e. The Morgan fingerprint density at radius 3 is 2.13 bits per heavy atom. The van der Waals surface area contributed by atoms with Crippen molar-refractivity contribution in [2.75, 3.05) is 33.9 Å². The van der Waals surface area contributed by atoms with Crippen LogP contribution in [0.15, 0.2) is 78.9 Å². The molecule has 0 radical (unpaired) electrons. The number of carbonyl (C=O) groups excluding carboxylic acids is 1. The molecule has 0 saturated carbocycles. The van der Waals surface area contributed by atoms with Crippen molar-refractivity contribution in [3.63, 3.8) is 0 Å². The number of carbonyl (C=O) groups is 1. The van der Waals surface area contributed by atoms with E-state index in [4.69, 9.17) is 14.2 Å². The number of rotatable bonds is 11. The largest absolute Gasteiger partial charge is 0.497 e. The van der Waals surface area contributed by atoms with Crippen molar-refractivity contribution in [1.29, 1.82) is 0 Å². The first-order chi connectivity index (χ1) is 15.2. The minimum Gasteiger partial charge on any atom is -0.497 e. The number of ether oxygens (including phenoxy) is 3. The van der Waals surface area contributed by atoms with E-state index in [0.29, 0.717) is 24.7 Å². The van der Waals surface area contributed by atoms with E-state index in [0.717, 1.165) is 16.9 Å². The highest BCUT2D eigenvalue weighted by Crippen LogP contribution is 2.25. The molecule has 0 unspecified atom stereocenters. The molecule has 0 aliphatic carbocycles. The van der Waals surface area contributed by atoms with Gasteiger partial charge in [0.2, 0.25) is 5.91 Å². The summed E-state index contributed by atoms with van der Waals surface area (Å²) in [7, 11) is 3.24. The van der Waals surface area contributed by atoms with Gasteiger partial charge in [-0.05, 0) is 35.4 Å². The van der Waals surface area contributed by atoms with Crippen LogP contribution in [0.5, 0.6) is 17.2 Å². The second-order valence-electron chi connectivity index (χ2n) is 6.86. The molecule has 3 aromatic rings. The molecule has 6 heteroatoms. The van der Waals surface area contributed by atoms with Gasteiger partial charge in [-0.2, -0.15) is 0 Å². The van der Waals surface area contributed by atoms with Crippen LogP contribution in [-0.2, 0) is 4.79 Å². The van der Waals surface area contributed by atoms with Crippen molar-refractivity contribution in [1.82, 2.24) is 10.6 Å². The monoisotopic (exact) mass is 420 g/mol. The predicted octanol–water partition coefficient (Wildman–Crippen LogP) is 3.58. The first-order valence-electron chi connectivity index (χ1n) is 10.2. The van der Waals surface area contributed by atoms with E-state index in [1.807, 2.05) is 78.9 Å². The molecular weight excluding hydrogens is 392 g/mol. The lowest BCUT2D eigenvalue weighted by Gasteiger charge is -2.20. The molecule has 0 aromatic heterocycles. The van der Waals surface area contributed by atoms with Crippen molar-refractivity contribution in [2.45, 2.75) is 6.04 Å². The van der Waals surface area contributed by atoms with Crippen LogP contribution in [0.2, 0.25) is 0 Å². The lowest BCUT2D eigenvalue weighted by atomic mass is 9.98. The fraction of sp³-hybridized carbons (Fsp3) is 0.240. The molecule has 0 heterocycles. The van der Waals surface area contributed by atoms with Gasteiger partial charge in [-0.3, -0.25) is 4.79 Å². The Bertz CT molecular complexity index is 945. The quantitative estimate of drug-likeness (QED) is 0.464. The van der Waals surface area contributed by atoms with Crippen molar-refractivity contribution >= 4 is 5.91 Å². The molecule has 0 aliphatic rings. The van der Waals surface area contributed by atoms with E-state index in [2.05, 4.69) is 10.6 Å². The number of para-hydroxylation sites is 2. The molecule has 31 heavy (non-hydrogen) atoms. The molecule has 162 valence electrons. The normalized spacial score (nSPS) is 11.4. The summed E-state index contributed by atoms with van der Waals surface area (Å²) in [5.41, 5.74) is 2.00. The molecule has 1 atom stereocenters. The van der Waals surface area contributed by atoms with E-state index in [9.17, 15) is 4.79 Å². The number of hydrogen-bond donors (Lipinski definition) is 2. The lowest BCUT2D eigenvalue weighted by Crippen LogP contribution is -2.38. The van der Waals surface area contributed by atoms with Gasteiger partial charge < -0.3 is 24.8 Å². The summed E-state index contributed by atoms with van der Waals surface area (Å²) in [4.78, 5) is 12.6. The number of amides is 1. The number of benzene rings is 3. The second kappa shape index (κ2) is 11.6. The van der Waals surface area contributed by atoms with E-state index < -0.39 is 0 Å². The fourth-order valence-corrected chi connectivity index (χ4v) is 3.19. The molecule has 3 rings (SSSR count). The zero-order valence-corrected chi connectivity index (χ0v) is 17.8. The summed E-state index contributed by atoms with van der Waals surface area (Å²) in [5, 5.41) is 6.23. The highest BCUT2D eigenvalue weighted by molar-refractivity contribution is 5.79. The maximum absolute atomic E-state index is 12.6. The number of hydrogen-bond acceptors (Lipinski definition) is 5. The van der Waals surface area contributed by atoms with Crippen molar-refractivity contribution in [3.05, 3.63) is 90.0 Å². The minimum atomic E-state index is -0.244. The number of nitrogens with one attached hydrogen (secondary N) is 2. The molecule has 2 N–H and O–H groups in total. The number of methoxy groups -OCH3 is 2.